The van der Waals surface area contributed by atoms with Crippen LogP contribution in [0, 0.1) is 13.8 Å². The highest BCUT2D eigenvalue weighted by atomic mass is 32.2. The molecule has 2 aliphatic rings. The number of fused-ring (bicyclic) bond motifs is 1. The Hall–Kier alpha value is -2.26. The molecule has 8 nitrogen and oxygen atoms in total. The van der Waals surface area contributed by atoms with E-state index in [9.17, 15) is 8.42 Å². The maximum absolute atomic E-state index is 12.9. The maximum Gasteiger partial charge on any atom is 0.246 e. The van der Waals surface area contributed by atoms with Gasteiger partial charge in [0.1, 0.15) is 18.1 Å². The monoisotopic (exact) mass is 378 g/mol. The number of sulfonamides is 1. The lowest BCUT2D eigenvalue weighted by Crippen LogP contribution is -2.48. The van der Waals surface area contributed by atoms with E-state index in [-0.39, 0.29) is 0 Å². The summed E-state index contributed by atoms with van der Waals surface area (Å²) in [5, 5.41) is 6.77. The minimum Gasteiger partial charge on any atom is -0.486 e. The highest BCUT2D eigenvalue weighted by Crippen LogP contribution is 2.34. The van der Waals surface area contributed by atoms with Crippen molar-refractivity contribution in [3.05, 3.63) is 29.6 Å². The summed E-state index contributed by atoms with van der Waals surface area (Å²) in [6.07, 6.45) is 0. The van der Waals surface area contributed by atoms with Crippen molar-refractivity contribution >= 4 is 15.7 Å². The molecule has 9 heteroatoms. The van der Waals surface area contributed by atoms with Crippen molar-refractivity contribution in [2.45, 2.75) is 18.7 Å². The number of rotatable bonds is 3. The predicted molar refractivity (Wildman–Crippen MR) is 96.5 cm³/mol. The molecule has 1 aromatic carbocycles. The smallest absolute Gasteiger partial charge is 0.246 e. The molecule has 0 bridgehead atoms. The summed E-state index contributed by atoms with van der Waals surface area (Å²) < 4.78 is 38.6. The molecule has 2 aromatic rings. The molecule has 1 fully saturated rings. The van der Waals surface area contributed by atoms with Gasteiger partial charge in [-0.15, -0.1) is 0 Å². The topological polar surface area (TPSA) is 87.8 Å². The second-order valence-corrected chi connectivity index (χ2v) is 8.36. The van der Waals surface area contributed by atoms with Crippen molar-refractivity contribution in [2.24, 2.45) is 0 Å². The van der Waals surface area contributed by atoms with E-state index in [0.29, 0.717) is 55.7 Å². The molecule has 0 amide bonds. The standard InChI is InChI=1S/C17H22N4O4S/c1-12-17(13(2)19-18-12)26(22,23)21-7-5-20(6-8-21)14-3-4-15-16(11-14)25-10-9-24-15/h3-4,11H,5-10H2,1-2H3,(H,18,19). The van der Waals surface area contributed by atoms with Crippen LogP contribution < -0.4 is 14.4 Å². The van der Waals surface area contributed by atoms with Gasteiger partial charge in [-0.25, -0.2) is 8.42 Å². The van der Waals surface area contributed by atoms with Gasteiger partial charge in [-0.05, 0) is 26.0 Å². The van der Waals surface area contributed by atoms with Gasteiger partial charge in [0, 0.05) is 37.9 Å². The molecule has 0 unspecified atom stereocenters. The van der Waals surface area contributed by atoms with Crippen molar-refractivity contribution in [2.75, 3.05) is 44.3 Å². The summed E-state index contributed by atoms with van der Waals surface area (Å²) >= 11 is 0. The van der Waals surface area contributed by atoms with E-state index in [0.717, 1.165) is 17.2 Å². The van der Waals surface area contributed by atoms with E-state index in [1.807, 2.05) is 18.2 Å². The number of aromatic amines is 1. The quantitative estimate of drug-likeness (QED) is 0.866. The Morgan fingerprint density at radius 3 is 2.38 bits per heavy atom. The van der Waals surface area contributed by atoms with Crippen molar-refractivity contribution in [3.63, 3.8) is 0 Å². The average Bonchev–Trinajstić information content (AvgIpc) is 3.00. The molecular formula is C17H22N4O4S. The number of anilines is 1. The van der Waals surface area contributed by atoms with Gasteiger partial charge in [0.2, 0.25) is 10.0 Å². The first-order valence-corrected chi connectivity index (χ1v) is 10.1. The number of piperazine rings is 1. The van der Waals surface area contributed by atoms with Crippen LogP contribution in [0.2, 0.25) is 0 Å². The Kier molecular flexibility index (Phi) is 4.28. The van der Waals surface area contributed by atoms with Gasteiger partial charge in [-0.3, -0.25) is 5.10 Å². The summed E-state index contributed by atoms with van der Waals surface area (Å²) in [5.74, 6) is 1.50. The summed E-state index contributed by atoms with van der Waals surface area (Å²) in [4.78, 5) is 2.46. The zero-order valence-corrected chi connectivity index (χ0v) is 15.7. The Morgan fingerprint density at radius 1 is 1.04 bits per heavy atom. The molecule has 26 heavy (non-hydrogen) atoms. The van der Waals surface area contributed by atoms with Crippen LogP contribution in [0.4, 0.5) is 5.69 Å². The van der Waals surface area contributed by atoms with Crippen molar-refractivity contribution in [3.8, 4) is 11.5 Å². The van der Waals surface area contributed by atoms with Gasteiger partial charge in [-0.2, -0.15) is 9.40 Å². The number of hydrogen-bond donors (Lipinski definition) is 1. The van der Waals surface area contributed by atoms with Crippen LogP contribution >= 0.6 is 0 Å². The number of hydrogen-bond acceptors (Lipinski definition) is 6. The van der Waals surface area contributed by atoms with Crippen LogP contribution in [0.15, 0.2) is 23.1 Å². The third-order valence-electron chi connectivity index (χ3n) is 4.79. The van der Waals surface area contributed by atoms with Gasteiger partial charge in [-0.1, -0.05) is 0 Å². The van der Waals surface area contributed by atoms with Crippen LogP contribution in [0.3, 0.4) is 0 Å². The third kappa shape index (κ3) is 2.90. The molecule has 0 saturated carbocycles. The van der Waals surface area contributed by atoms with E-state index in [1.165, 1.54) is 4.31 Å². The zero-order valence-electron chi connectivity index (χ0n) is 14.9. The van der Waals surface area contributed by atoms with Crippen molar-refractivity contribution in [1.82, 2.24) is 14.5 Å². The van der Waals surface area contributed by atoms with Crippen molar-refractivity contribution in [1.29, 1.82) is 0 Å². The molecule has 0 spiro atoms. The molecule has 1 aromatic heterocycles. The predicted octanol–water partition coefficient (Wildman–Crippen LogP) is 1.31. The lowest BCUT2D eigenvalue weighted by molar-refractivity contribution is 0.171. The molecule has 0 atom stereocenters. The van der Waals surface area contributed by atoms with Gasteiger partial charge >= 0.3 is 0 Å². The van der Waals surface area contributed by atoms with Crippen LogP contribution in [0.5, 0.6) is 11.5 Å². The first kappa shape index (κ1) is 17.2. The first-order chi connectivity index (χ1) is 12.5. The number of benzene rings is 1. The van der Waals surface area contributed by atoms with E-state index in [4.69, 9.17) is 9.47 Å². The van der Waals surface area contributed by atoms with E-state index < -0.39 is 10.0 Å². The second kappa shape index (κ2) is 6.48. The molecule has 0 aliphatic carbocycles. The number of nitrogens with zero attached hydrogens (tertiary/aromatic N) is 3. The van der Waals surface area contributed by atoms with E-state index >= 15 is 0 Å². The van der Waals surface area contributed by atoms with Crippen LogP contribution in [0.1, 0.15) is 11.4 Å². The molecule has 1 saturated heterocycles. The van der Waals surface area contributed by atoms with Crippen LogP contribution in [-0.2, 0) is 10.0 Å². The molecule has 2 aliphatic heterocycles. The zero-order chi connectivity index (χ0) is 18.3. The molecule has 1 N–H and O–H groups in total. The Bertz CT molecular complexity index is 897. The molecule has 4 rings (SSSR count). The first-order valence-electron chi connectivity index (χ1n) is 8.63. The maximum atomic E-state index is 12.9. The van der Waals surface area contributed by atoms with Gasteiger partial charge in [0.25, 0.3) is 0 Å². The Labute approximate surface area is 152 Å². The largest absolute Gasteiger partial charge is 0.486 e. The number of aromatic nitrogens is 2. The second-order valence-electron chi connectivity index (χ2n) is 6.48. The molecule has 0 radical (unpaired) electrons. The number of ether oxygens (including phenoxy) is 2. The molecular weight excluding hydrogens is 356 g/mol. The van der Waals surface area contributed by atoms with Crippen LogP contribution in [-0.4, -0.2) is 62.3 Å². The highest BCUT2D eigenvalue weighted by Gasteiger charge is 2.32. The number of H-pyrrole nitrogens is 1. The van der Waals surface area contributed by atoms with E-state index in [2.05, 4.69) is 15.1 Å². The fraction of sp³-hybridized carbons (Fsp3) is 0.471. The summed E-state index contributed by atoms with van der Waals surface area (Å²) in [7, 11) is -3.53. The Balaban J connectivity index is 1.49. The minimum absolute atomic E-state index is 0.297. The number of aryl methyl sites for hydroxylation is 2. The highest BCUT2D eigenvalue weighted by molar-refractivity contribution is 7.89. The third-order valence-corrected chi connectivity index (χ3v) is 6.95. The van der Waals surface area contributed by atoms with E-state index in [1.54, 1.807) is 13.8 Å². The average molecular weight is 378 g/mol. The SMILES string of the molecule is Cc1n[nH]c(C)c1S(=O)(=O)N1CCN(c2ccc3c(c2)OCCO3)CC1. The van der Waals surface area contributed by atoms with Crippen molar-refractivity contribution < 1.29 is 17.9 Å². The molecule has 3 heterocycles. The summed E-state index contributed by atoms with van der Waals surface area (Å²) in [6, 6.07) is 5.86. The lowest BCUT2D eigenvalue weighted by atomic mass is 10.2. The number of nitrogens with one attached hydrogen (secondary N) is 1. The normalized spacial score (nSPS) is 18.2. The fourth-order valence-electron chi connectivity index (χ4n) is 3.47. The summed E-state index contributed by atoms with van der Waals surface area (Å²) in [5.41, 5.74) is 2.11. The van der Waals surface area contributed by atoms with Gasteiger partial charge in [0.05, 0.1) is 11.4 Å². The molecule has 140 valence electrons. The van der Waals surface area contributed by atoms with Crippen LogP contribution in [0.25, 0.3) is 0 Å². The minimum atomic E-state index is -3.53. The van der Waals surface area contributed by atoms with Gasteiger partial charge < -0.3 is 14.4 Å². The summed E-state index contributed by atoms with van der Waals surface area (Å²) in [6.45, 7) is 6.66. The lowest BCUT2D eigenvalue weighted by Gasteiger charge is -2.35. The Morgan fingerprint density at radius 2 is 1.73 bits per heavy atom. The fourth-order valence-corrected chi connectivity index (χ4v) is 5.22. The van der Waals surface area contributed by atoms with Gasteiger partial charge in [0.15, 0.2) is 11.5 Å².